The zero-order valence-electron chi connectivity index (χ0n) is 10.8. The summed E-state index contributed by atoms with van der Waals surface area (Å²) in [5.41, 5.74) is 2.23. The zero-order chi connectivity index (χ0) is 13.7. The van der Waals surface area contributed by atoms with Gasteiger partial charge in [0.15, 0.2) is 0 Å². The van der Waals surface area contributed by atoms with Crippen LogP contribution in [0, 0.1) is 11.3 Å². The molecular formula is C14H14N4O. The molecule has 0 fully saturated rings. The summed E-state index contributed by atoms with van der Waals surface area (Å²) in [5, 5.41) is 12.2. The monoisotopic (exact) mass is 254 g/mol. The molecule has 96 valence electrons. The van der Waals surface area contributed by atoms with Gasteiger partial charge in [0, 0.05) is 18.5 Å². The van der Waals surface area contributed by atoms with E-state index in [1.165, 1.54) is 0 Å². The number of hydrogen-bond donors (Lipinski definition) is 1. The molecule has 1 N–H and O–H groups in total. The lowest BCUT2D eigenvalue weighted by molar-refractivity contribution is 0.416. The maximum absolute atomic E-state index is 8.86. The average molecular weight is 254 g/mol. The first kappa shape index (κ1) is 12.8. The average Bonchev–Trinajstić information content (AvgIpc) is 2.48. The molecule has 0 saturated heterocycles. The third kappa shape index (κ3) is 2.99. The van der Waals surface area contributed by atoms with Crippen molar-refractivity contribution in [3.05, 3.63) is 48.0 Å². The van der Waals surface area contributed by atoms with Gasteiger partial charge in [-0.05, 0) is 19.1 Å². The summed E-state index contributed by atoms with van der Waals surface area (Å²) in [5.74, 6) is 0.634. The summed E-state index contributed by atoms with van der Waals surface area (Å²) in [7, 11) is 1.58. The fraction of sp³-hybridized carbons (Fsp3) is 0.214. The van der Waals surface area contributed by atoms with Crippen LogP contribution in [0.5, 0.6) is 5.75 Å². The summed E-state index contributed by atoms with van der Waals surface area (Å²) in [4.78, 5) is 8.29. The van der Waals surface area contributed by atoms with Gasteiger partial charge in [0.2, 0.25) is 0 Å². The molecule has 1 aromatic heterocycles. The highest BCUT2D eigenvalue weighted by atomic mass is 16.5. The van der Waals surface area contributed by atoms with Crippen LogP contribution in [0.3, 0.4) is 0 Å². The molecule has 0 saturated carbocycles. The van der Waals surface area contributed by atoms with Gasteiger partial charge < -0.3 is 10.1 Å². The normalized spacial score (nSPS) is 11.4. The number of nitrogens with zero attached hydrogens (tertiary/aromatic N) is 3. The van der Waals surface area contributed by atoms with Gasteiger partial charge in [-0.3, -0.25) is 9.97 Å². The number of nitrogens with one attached hydrogen (secondary N) is 1. The largest absolute Gasteiger partial charge is 0.495 e. The van der Waals surface area contributed by atoms with E-state index in [1.807, 2.05) is 13.0 Å². The molecule has 0 aliphatic rings. The van der Waals surface area contributed by atoms with Crippen molar-refractivity contribution in [1.29, 1.82) is 5.26 Å². The van der Waals surface area contributed by atoms with Gasteiger partial charge in [-0.15, -0.1) is 0 Å². The molecule has 1 aromatic carbocycles. The Hall–Kier alpha value is -2.61. The van der Waals surface area contributed by atoms with Crippen LogP contribution in [-0.2, 0) is 0 Å². The van der Waals surface area contributed by atoms with E-state index in [0.717, 1.165) is 11.4 Å². The van der Waals surface area contributed by atoms with Gasteiger partial charge in [0.1, 0.15) is 5.75 Å². The van der Waals surface area contributed by atoms with Crippen LogP contribution in [0.15, 0.2) is 36.8 Å². The van der Waals surface area contributed by atoms with Crippen LogP contribution in [-0.4, -0.2) is 17.1 Å². The molecule has 0 bridgehead atoms. The first-order valence-electron chi connectivity index (χ1n) is 5.85. The van der Waals surface area contributed by atoms with Crippen LogP contribution in [0.2, 0.25) is 0 Å². The third-order valence-corrected chi connectivity index (χ3v) is 2.73. The van der Waals surface area contributed by atoms with Crippen molar-refractivity contribution in [2.75, 3.05) is 12.4 Å². The van der Waals surface area contributed by atoms with Crippen molar-refractivity contribution in [3.63, 3.8) is 0 Å². The Morgan fingerprint density at radius 2 is 2.21 bits per heavy atom. The number of benzene rings is 1. The molecule has 0 aliphatic carbocycles. The minimum Gasteiger partial charge on any atom is -0.495 e. The number of anilines is 1. The summed E-state index contributed by atoms with van der Waals surface area (Å²) >= 11 is 0. The van der Waals surface area contributed by atoms with E-state index in [9.17, 15) is 0 Å². The van der Waals surface area contributed by atoms with E-state index in [1.54, 1.807) is 37.8 Å². The van der Waals surface area contributed by atoms with Crippen LogP contribution < -0.4 is 10.1 Å². The lowest BCUT2D eigenvalue weighted by atomic mass is 10.1. The standard InChI is InChI=1S/C14H14N4O/c1-10(13-9-16-5-6-17-13)18-12-4-3-11(8-15)7-14(12)19-2/h3-7,9-10,18H,1-2H3. The van der Waals surface area contributed by atoms with Gasteiger partial charge in [0.25, 0.3) is 0 Å². The number of rotatable bonds is 4. The molecule has 1 atom stereocenters. The van der Waals surface area contributed by atoms with E-state index < -0.39 is 0 Å². The molecule has 5 heteroatoms. The first-order chi connectivity index (χ1) is 9.24. The first-order valence-corrected chi connectivity index (χ1v) is 5.85. The highest BCUT2D eigenvalue weighted by molar-refractivity contribution is 5.60. The topological polar surface area (TPSA) is 70.8 Å². The van der Waals surface area contributed by atoms with Crippen LogP contribution in [0.4, 0.5) is 5.69 Å². The number of nitriles is 1. The van der Waals surface area contributed by atoms with E-state index >= 15 is 0 Å². The molecule has 1 heterocycles. The summed E-state index contributed by atoms with van der Waals surface area (Å²) in [6.45, 7) is 1.99. The highest BCUT2D eigenvalue weighted by Gasteiger charge is 2.10. The lowest BCUT2D eigenvalue weighted by Crippen LogP contribution is -2.09. The van der Waals surface area contributed by atoms with Crippen molar-refractivity contribution in [2.45, 2.75) is 13.0 Å². The fourth-order valence-electron chi connectivity index (χ4n) is 1.72. The second kappa shape index (κ2) is 5.83. The van der Waals surface area contributed by atoms with E-state index in [4.69, 9.17) is 10.00 Å². The smallest absolute Gasteiger partial charge is 0.143 e. The Kier molecular flexibility index (Phi) is 3.94. The Balaban J connectivity index is 2.22. The molecule has 0 aliphatic heterocycles. The van der Waals surface area contributed by atoms with Crippen molar-refractivity contribution >= 4 is 5.69 Å². The second-order valence-electron chi connectivity index (χ2n) is 4.02. The molecular weight excluding hydrogens is 240 g/mol. The zero-order valence-corrected chi connectivity index (χ0v) is 10.8. The van der Waals surface area contributed by atoms with Gasteiger partial charge in [-0.2, -0.15) is 5.26 Å². The summed E-state index contributed by atoms with van der Waals surface area (Å²) in [6.07, 6.45) is 5.01. The Bertz CT molecular complexity index is 592. The Morgan fingerprint density at radius 1 is 1.37 bits per heavy atom. The minimum atomic E-state index is -0.00413. The molecule has 0 spiro atoms. The molecule has 2 rings (SSSR count). The Morgan fingerprint density at radius 3 is 2.84 bits per heavy atom. The van der Waals surface area contributed by atoms with E-state index in [0.29, 0.717) is 11.3 Å². The molecule has 0 amide bonds. The predicted octanol–water partition coefficient (Wildman–Crippen LogP) is 2.53. The van der Waals surface area contributed by atoms with Gasteiger partial charge >= 0.3 is 0 Å². The predicted molar refractivity (Wildman–Crippen MR) is 71.8 cm³/mol. The molecule has 5 nitrogen and oxygen atoms in total. The number of hydrogen-bond acceptors (Lipinski definition) is 5. The molecule has 0 radical (unpaired) electrons. The van der Waals surface area contributed by atoms with Gasteiger partial charge in [0.05, 0.1) is 42.4 Å². The van der Waals surface area contributed by atoms with Crippen molar-refractivity contribution in [3.8, 4) is 11.8 Å². The van der Waals surface area contributed by atoms with Gasteiger partial charge in [-0.1, -0.05) is 0 Å². The summed E-state index contributed by atoms with van der Waals surface area (Å²) < 4.78 is 5.27. The number of ether oxygens (including phenoxy) is 1. The van der Waals surface area contributed by atoms with Crippen molar-refractivity contribution in [1.82, 2.24) is 9.97 Å². The SMILES string of the molecule is COc1cc(C#N)ccc1NC(C)c1cnccn1. The lowest BCUT2D eigenvalue weighted by Gasteiger charge is -2.16. The number of aromatic nitrogens is 2. The molecule has 1 unspecified atom stereocenters. The highest BCUT2D eigenvalue weighted by Crippen LogP contribution is 2.28. The second-order valence-corrected chi connectivity index (χ2v) is 4.02. The van der Waals surface area contributed by atoms with Crippen LogP contribution in [0.25, 0.3) is 0 Å². The number of methoxy groups -OCH3 is 1. The van der Waals surface area contributed by atoms with Crippen molar-refractivity contribution in [2.24, 2.45) is 0 Å². The van der Waals surface area contributed by atoms with Crippen LogP contribution >= 0.6 is 0 Å². The third-order valence-electron chi connectivity index (χ3n) is 2.73. The molecule has 19 heavy (non-hydrogen) atoms. The van der Waals surface area contributed by atoms with E-state index in [2.05, 4.69) is 21.4 Å². The maximum Gasteiger partial charge on any atom is 0.143 e. The van der Waals surface area contributed by atoms with Crippen molar-refractivity contribution < 1.29 is 4.74 Å². The quantitative estimate of drug-likeness (QED) is 0.907. The molecule has 2 aromatic rings. The minimum absolute atomic E-state index is 0.00413. The van der Waals surface area contributed by atoms with E-state index in [-0.39, 0.29) is 6.04 Å². The summed E-state index contributed by atoms with van der Waals surface area (Å²) in [6, 6.07) is 7.35. The fourth-order valence-corrected chi connectivity index (χ4v) is 1.72. The Labute approximate surface area is 111 Å². The van der Waals surface area contributed by atoms with Gasteiger partial charge in [-0.25, -0.2) is 0 Å². The van der Waals surface area contributed by atoms with Crippen LogP contribution in [0.1, 0.15) is 24.2 Å². The maximum atomic E-state index is 8.86.